The smallest absolute Gasteiger partial charge is 0.243 e. The molecule has 24 heavy (non-hydrogen) atoms. The maximum atomic E-state index is 14.3. The van der Waals surface area contributed by atoms with Crippen LogP contribution >= 0.6 is 0 Å². The lowest BCUT2D eigenvalue weighted by Crippen LogP contribution is -2.47. The summed E-state index contributed by atoms with van der Waals surface area (Å²) in [6, 6.07) is 3.79. The fraction of sp³-hybridized carbons (Fsp3) is 0.562. The number of benzene rings is 1. The number of ether oxygens (including phenoxy) is 1. The summed E-state index contributed by atoms with van der Waals surface area (Å²) < 4.78 is 46.4. The number of piperazine rings is 1. The normalized spacial score (nSPS) is 20.3. The average molecular weight is 356 g/mol. The van der Waals surface area contributed by atoms with Crippen LogP contribution in [0.2, 0.25) is 0 Å². The van der Waals surface area contributed by atoms with E-state index in [4.69, 9.17) is 4.74 Å². The van der Waals surface area contributed by atoms with Crippen LogP contribution in [-0.2, 0) is 14.8 Å². The highest BCUT2D eigenvalue weighted by atomic mass is 32.2. The monoisotopic (exact) mass is 356 g/mol. The van der Waals surface area contributed by atoms with Crippen LogP contribution < -0.4 is 4.74 Å². The Balaban J connectivity index is 1.73. The van der Waals surface area contributed by atoms with E-state index in [9.17, 15) is 17.6 Å². The third kappa shape index (κ3) is 3.54. The molecule has 1 heterocycles. The van der Waals surface area contributed by atoms with Gasteiger partial charge < -0.3 is 9.64 Å². The first-order valence-electron chi connectivity index (χ1n) is 8.16. The minimum Gasteiger partial charge on any atom is -0.487 e. The van der Waals surface area contributed by atoms with Gasteiger partial charge in [0, 0.05) is 26.2 Å². The van der Waals surface area contributed by atoms with Crippen LogP contribution in [0.15, 0.2) is 23.1 Å². The van der Waals surface area contributed by atoms with Crippen molar-refractivity contribution in [3.8, 4) is 5.75 Å². The Morgan fingerprint density at radius 3 is 2.38 bits per heavy atom. The molecule has 1 saturated heterocycles. The highest BCUT2D eigenvalue weighted by Gasteiger charge is 2.29. The van der Waals surface area contributed by atoms with Crippen molar-refractivity contribution in [2.75, 3.05) is 26.2 Å². The minimum atomic E-state index is -3.77. The fourth-order valence-electron chi connectivity index (χ4n) is 3.12. The maximum absolute atomic E-state index is 14.3. The molecule has 1 saturated carbocycles. The van der Waals surface area contributed by atoms with Crippen LogP contribution in [0, 0.1) is 5.82 Å². The largest absolute Gasteiger partial charge is 0.487 e. The number of halogens is 1. The van der Waals surface area contributed by atoms with Gasteiger partial charge in [-0.1, -0.05) is 0 Å². The molecule has 8 heteroatoms. The SMILES string of the molecule is O=CN1CCN(S(=O)(=O)c2ccc(OC3CCCC3)c(F)c2)CC1. The quantitative estimate of drug-likeness (QED) is 0.752. The molecule has 0 bridgehead atoms. The molecule has 1 aliphatic heterocycles. The molecule has 132 valence electrons. The molecular weight excluding hydrogens is 335 g/mol. The van der Waals surface area contributed by atoms with Gasteiger partial charge in [-0.2, -0.15) is 4.31 Å². The van der Waals surface area contributed by atoms with Crippen LogP contribution in [0.1, 0.15) is 25.7 Å². The van der Waals surface area contributed by atoms with Crippen molar-refractivity contribution in [1.29, 1.82) is 0 Å². The molecule has 0 radical (unpaired) electrons. The van der Waals surface area contributed by atoms with Crippen molar-refractivity contribution in [3.05, 3.63) is 24.0 Å². The van der Waals surface area contributed by atoms with E-state index >= 15 is 0 Å². The van der Waals surface area contributed by atoms with Crippen molar-refractivity contribution in [1.82, 2.24) is 9.21 Å². The Hall–Kier alpha value is -1.67. The minimum absolute atomic E-state index is 0.0124. The van der Waals surface area contributed by atoms with Crippen LogP contribution in [0.25, 0.3) is 0 Å². The van der Waals surface area contributed by atoms with E-state index < -0.39 is 15.8 Å². The van der Waals surface area contributed by atoms with E-state index in [1.165, 1.54) is 21.3 Å². The van der Waals surface area contributed by atoms with E-state index in [1.54, 1.807) is 0 Å². The van der Waals surface area contributed by atoms with Crippen molar-refractivity contribution in [3.63, 3.8) is 0 Å². The first kappa shape index (κ1) is 17.2. The first-order valence-corrected chi connectivity index (χ1v) is 9.60. The number of sulfonamides is 1. The summed E-state index contributed by atoms with van der Waals surface area (Å²) >= 11 is 0. The molecule has 3 rings (SSSR count). The summed E-state index contributed by atoms with van der Waals surface area (Å²) in [6.45, 7) is 1.11. The van der Waals surface area contributed by atoms with Gasteiger partial charge in [0.05, 0.1) is 11.0 Å². The van der Waals surface area contributed by atoms with Crippen molar-refractivity contribution >= 4 is 16.4 Å². The van der Waals surface area contributed by atoms with Gasteiger partial charge in [-0.15, -0.1) is 0 Å². The van der Waals surface area contributed by atoms with Gasteiger partial charge in [0.1, 0.15) is 0 Å². The van der Waals surface area contributed by atoms with Crippen LogP contribution in [0.5, 0.6) is 5.75 Å². The number of amides is 1. The number of carbonyl (C=O) groups excluding carboxylic acids is 1. The van der Waals surface area contributed by atoms with Crippen LogP contribution in [-0.4, -0.2) is 56.3 Å². The number of nitrogens with zero attached hydrogens (tertiary/aromatic N) is 2. The van der Waals surface area contributed by atoms with Gasteiger partial charge in [-0.05, 0) is 43.9 Å². The van der Waals surface area contributed by atoms with E-state index in [2.05, 4.69) is 0 Å². The van der Waals surface area contributed by atoms with E-state index in [1.807, 2.05) is 0 Å². The first-order chi connectivity index (χ1) is 11.5. The molecule has 1 aromatic rings. The van der Waals surface area contributed by atoms with Gasteiger partial charge in [0.15, 0.2) is 11.6 Å². The molecule has 0 atom stereocenters. The summed E-state index contributed by atoms with van der Waals surface area (Å²) in [5.41, 5.74) is 0. The lowest BCUT2D eigenvalue weighted by Gasteiger charge is -2.31. The molecule has 6 nitrogen and oxygen atoms in total. The zero-order chi connectivity index (χ0) is 17.2. The molecule has 0 unspecified atom stereocenters. The Morgan fingerprint density at radius 1 is 1.12 bits per heavy atom. The van der Waals surface area contributed by atoms with E-state index in [-0.39, 0.29) is 29.8 Å². The Morgan fingerprint density at radius 2 is 1.79 bits per heavy atom. The predicted molar refractivity (Wildman–Crippen MR) is 85.7 cm³/mol. The molecule has 1 aliphatic carbocycles. The molecule has 0 N–H and O–H groups in total. The number of hydrogen-bond donors (Lipinski definition) is 0. The standard InChI is InChI=1S/C16H21FN2O4S/c17-15-11-14(5-6-16(15)23-13-3-1-2-4-13)24(21,22)19-9-7-18(12-20)8-10-19/h5-6,11-13H,1-4,7-10H2. The van der Waals surface area contributed by atoms with E-state index in [0.717, 1.165) is 31.7 Å². The third-order valence-electron chi connectivity index (χ3n) is 4.56. The molecule has 0 spiro atoms. The molecule has 0 aromatic heterocycles. The van der Waals surface area contributed by atoms with Gasteiger partial charge in [-0.25, -0.2) is 12.8 Å². The summed E-state index contributed by atoms with van der Waals surface area (Å²) in [6.07, 6.45) is 4.68. The number of hydrogen-bond acceptors (Lipinski definition) is 4. The lowest BCUT2D eigenvalue weighted by molar-refractivity contribution is -0.119. The second-order valence-corrected chi connectivity index (χ2v) is 8.10. The highest BCUT2D eigenvalue weighted by Crippen LogP contribution is 2.28. The van der Waals surface area contributed by atoms with E-state index in [0.29, 0.717) is 19.5 Å². The van der Waals surface area contributed by atoms with Crippen molar-refractivity contribution in [2.24, 2.45) is 0 Å². The second-order valence-electron chi connectivity index (χ2n) is 6.16. The predicted octanol–water partition coefficient (Wildman–Crippen LogP) is 1.61. The van der Waals surface area contributed by atoms with Gasteiger partial charge in [-0.3, -0.25) is 4.79 Å². The average Bonchev–Trinajstić information content (AvgIpc) is 3.09. The van der Waals surface area contributed by atoms with Gasteiger partial charge in [0.2, 0.25) is 16.4 Å². The molecule has 1 aromatic carbocycles. The van der Waals surface area contributed by atoms with Gasteiger partial charge in [0.25, 0.3) is 0 Å². The van der Waals surface area contributed by atoms with Crippen LogP contribution in [0.4, 0.5) is 4.39 Å². The molecular formula is C16H21FN2O4S. The van der Waals surface area contributed by atoms with Gasteiger partial charge >= 0.3 is 0 Å². The summed E-state index contributed by atoms with van der Waals surface area (Å²) in [7, 11) is -3.77. The maximum Gasteiger partial charge on any atom is 0.243 e. The van der Waals surface area contributed by atoms with Crippen molar-refractivity contribution < 1.29 is 22.3 Å². The Kier molecular flexibility index (Phi) is 5.05. The summed E-state index contributed by atoms with van der Waals surface area (Å²) in [5.74, 6) is -0.555. The second kappa shape index (κ2) is 7.06. The fourth-order valence-corrected chi connectivity index (χ4v) is 4.56. The number of rotatable bonds is 5. The van der Waals surface area contributed by atoms with Crippen LogP contribution in [0.3, 0.4) is 0 Å². The lowest BCUT2D eigenvalue weighted by atomic mass is 10.3. The molecule has 1 amide bonds. The Labute approximate surface area is 141 Å². The zero-order valence-electron chi connectivity index (χ0n) is 13.4. The summed E-state index contributed by atoms with van der Waals surface area (Å²) in [5, 5.41) is 0. The molecule has 2 fully saturated rings. The summed E-state index contributed by atoms with van der Waals surface area (Å²) in [4.78, 5) is 12.1. The molecule has 2 aliphatic rings. The third-order valence-corrected chi connectivity index (χ3v) is 6.45. The topological polar surface area (TPSA) is 66.9 Å². The number of carbonyl (C=O) groups is 1. The zero-order valence-corrected chi connectivity index (χ0v) is 14.2. The highest BCUT2D eigenvalue weighted by molar-refractivity contribution is 7.89. The van der Waals surface area contributed by atoms with Crippen molar-refractivity contribution in [2.45, 2.75) is 36.7 Å². The Bertz CT molecular complexity index is 696.